The van der Waals surface area contributed by atoms with Crippen LogP contribution in [0.25, 0.3) is 0 Å². The highest BCUT2D eigenvalue weighted by Crippen LogP contribution is 2.37. The Hall–Kier alpha value is -1.71. The molecule has 2 amide bonds. The first-order valence-electron chi connectivity index (χ1n) is 6.00. The Morgan fingerprint density at radius 2 is 1.44 bits per heavy atom. The summed E-state index contributed by atoms with van der Waals surface area (Å²) in [6.07, 6.45) is 0. The first-order valence-corrected chi connectivity index (χ1v) is 6.00. The number of carbonyl (C=O) groups is 2. The average Bonchev–Trinajstić information content (AvgIpc) is 2.36. The molecule has 1 heterocycles. The van der Waals surface area contributed by atoms with Crippen LogP contribution < -0.4 is 0 Å². The molecule has 0 saturated carbocycles. The summed E-state index contributed by atoms with van der Waals surface area (Å²) in [5.74, 6) is -1.38. The summed E-state index contributed by atoms with van der Waals surface area (Å²) in [6, 6.07) is 6.03. The molecule has 0 aromatic heterocycles. The molecule has 4 heteroatoms. The predicted molar refractivity (Wildman–Crippen MR) is 65.2 cm³/mol. The maximum atomic E-state index is 12.9. The summed E-state index contributed by atoms with van der Waals surface area (Å²) in [6.45, 7) is 3.63. The van der Waals surface area contributed by atoms with Crippen LogP contribution in [0, 0.1) is 17.7 Å². The van der Waals surface area contributed by atoms with Gasteiger partial charge in [-0.05, 0) is 17.7 Å². The van der Waals surface area contributed by atoms with Gasteiger partial charge in [-0.2, -0.15) is 0 Å². The number of halogens is 1. The Morgan fingerprint density at radius 1 is 1.00 bits per heavy atom. The van der Waals surface area contributed by atoms with E-state index in [1.165, 1.54) is 24.1 Å². The van der Waals surface area contributed by atoms with Gasteiger partial charge in [-0.3, -0.25) is 14.5 Å². The fourth-order valence-electron chi connectivity index (χ4n) is 2.72. The van der Waals surface area contributed by atoms with Gasteiger partial charge in [-0.1, -0.05) is 26.0 Å². The lowest BCUT2D eigenvalue weighted by Gasteiger charge is -2.37. The van der Waals surface area contributed by atoms with Crippen LogP contribution >= 0.6 is 0 Å². The van der Waals surface area contributed by atoms with Crippen molar-refractivity contribution in [2.24, 2.45) is 11.8 Å². The molecule has 0 spiro atoms. The van der Waals surface area contributed by atoms with Crippen LogP contribution in [0.1, 0.15) is 25.3 Å². The van der Waals surface area contributed by atoms with Crippen LogP contribution in [-0.4, -0.2) is 23.8 Å². The standard InChI is InChI=1S/C14H16FNO2/c1-8-12(10-4-6-11(15)7-5-10)9(2)14(18)16(3)13(8)17/h4-9,12H,1-3H3/t8-,9+,12?. The van der Waals surface area contributed by atoms with Crippen LogP contribution in [0.15, 0.2) is 24.3 Å². The van der Waals surface area contributed by atoms with Gasteiger partial charge in [0.15, 0.2) is 0 Å². The summed E-state index contributed by atoms with van der Waals surface area (Å²) in [5, 5.41) is 0. The van der Waals surface area contributed by atoms with Crippen molar-refractivity contribution in [1.82, 2.24) is 4.90 Å². The van der Waals surface area contributed by atoms with E-state index in [4.69, 9.17) is 0 Å². The molecule has 1 aliphatic heterocycles. The van der Waals surface area contributed by atoms with Gasteiger partial charge in [0.1, 0.15) is 5.82 Å². The number of hydrogen-bond donors (Lipinski definition) is 0. The van der Waals surface area contributed by atoms with E-state index in [0.29, 0.717) is 0 Å². The Balaban J connectivity index is 2.39. The molecule has 0 radical (unpaired) electrons. The van der Waals surface area contributed by atoms with E-state index in [0.717, 1.165) is 5.56 Å². The predicted octanol–water partition coefficient (Wildman–Crippen LogP) is 2.18. The third kappa shape index (κ3) is 1.92. The molecule has 1 saturated heterocycles. The van der Waals surface area contributed by atoms with Crippen molar-refractivity contribution in [3.8, 4) is 0 Å². The molecule has 1 unspecified atom stereocenters. The van der Waals surface area contributed by atoms with Crippen molar-refractivity contribution in [3.63, 3.8) is 0 Å². The maximum absolute atomic E-state index is 12.9. The molecular formula is C14H16FNO2. The molecule has 2 rings (SSSR count). The number of benzene rings is 1. The fraction of sp³-hybridized carbons (Fsp3) is 0.429. The van der Waals surface area contributed by atoms with Crippen molar-refractivity contribution in [3.05, 3.63) is 35.6 Å². The number of rotatable bonds is 1. The lowest BCUT2D eigenvalue weighted by molar-refractivity contribution is -0.154. The highest BCUT2D eigenvalue weighted by molar-refractivity contribution is 6.00. The average molecular weight is 249 g/mol. The minimum atomic E-state index is -0.315. The smallest absolute Gasteiger partial charge is 0.232 e. The SMILES string of the molecule is C[C@@H]1C(=O)N(C)C(=O)[C@H](C)C1c1ccc(F)cc1. The summed E-state index contributed by atoms with van der Waals surface area (Å²) in [4.78, 5) is 25.1. The third-order valence-electron chi connectivity index (χ3n) is 3.77. The van der Waals surface area contributed by atoms with E-state index in [-0.39, 0.29) is 35.4 Å². The van der Waals surface area contributed by atoms with Gasteiger partial charge in [-0.15, -0.1) is 0 Å². The Kier molecular flexibility index (Phi) is 3.20. The van der Waals surface area contributed by atoms with Crippen LogP contribution in [0.5, 0.6) is 0 Å². The molecule has 18 heavy (non-hydrogen) atoms. The number of amides is 2. The number of nitrogens with zero attached hydrogens (tertiary/aromatic N) is 1. The number of imide groups is 1. The lowest BCUT2D eigenvalue weighted by atomic mass is 9.74. The minimum absolute atomic E-state index is 0.174. The molecule has 1 aliphatic rings. The molecule has 96 valence electrons. The molecule has 3 nitrogen and oxygen atoms in total. The normalized spacial score (nSPS) is 28.7. The van der Waals surface area contributed by atoms with Crippen LogP contribution in [-0.2, 0) is 9.59 Å². The highest BCUT2D eigenvalue weighted by Gasteiger charge is 2.42. The van der Waals surface area contributed by atoms with Gasteiger partial charge < -0.3 is 0 Å². The van der Waals surface area contributed by atoms with Gasteiger partial charge in [0.05, 0.1) is 0 Å². The van der Waals surface area contributed by atoms with Gasteiger partial charge in [0.25, 0.3) is 0 Å². The zero-order valence-corrected chi connectivity index (χ0v) is 10.7. The van der Waals surface area contributed by atoms with E-state index in [1.54, 1.807) is 12.1 Å². The van der Waals surface area contributed by atoms with E-state index in [1.807, 2.05) is 13.8 Å². The van der Waals surface area contributed by atoms with Crippen molar-refractivity contribution < 1.29 is 14.0 Å². The Morgan fingerprint density at radius 3 is 1.89 bits per heavy atom. The summed E-state index contributed by atoms with van der Waals surface area (Å²) < 4.78 is 12.9. The number of carbonyl (C=O) groups excluding carboxylic acids is 2. The monoisotopic (exact) mass is 249 g/mol. The molecule has 1 aromatic rings. The maximum Gasteiger partial charge on any atom is 0.232 e. The van der Waals surface area contributed by atoms with E-state index >= 15 is 0 Å². The van der Waals surface area contributed by atoms with Crippen LogP contribution in [0.4, 0.5) is 4.39 Å². The van der Waals surface area contributed by atoms with Crippen molar-refractivity contribution in [2.45, 2.75) is 19.8 Å². The Bertz CT molecular complexity index is 461. The summed E-state index contributed by atoms with van der Waals surface area (Å²) >= 11 is 0. The fourth-order valence-corrected chi connectivity index (χ4v) is 2.72. The van der Waals surface area contributed by atoms with Crippen LogP contribution in [0.2, 0.25) is 0 Å². The molecular weight excluding hydrogens is 233 g/mol. The topological polar surface area (TPSA) is 37.4 Å². The largest absolute Gasteiger partial charge is 0.285 e. The van der Waals surface area contributed by atoms with Crippen molar-refractivity contribution in [2.75, 3.05) is 7.05 Å². The zero-order chi connectivity index (χ0) is 13.4. The van der Waals surface area contributed by atoms with Crippen LogP contribution in [0.3, 0.4) is 0 Å². The first kappa shape index (κ1) is 12.7. The third-order valence-corrected chi connectivity index (χ3v) is 3.77. The molecule has 1 aromatic carbocycles. The minimum Gasteiger partial charge on any atom is -0.285 e. The summed E-state index contributed by atoms with van der Waals surface area (Å²) in [5.41, 5.74) is 0.839. The zero-order valence-electron chi connectivity index (χ0n) is 10.7. The van der Waals surface area contributed by atoms with E-state index < -0.39 is 0 Å². The molecule has 0 N–H and O–H groups in total. The first-order chi connectivity index (χ1) is 8.43. The number of piperidine rings is 1. The molecule has 0 bridgehead atoms. The van der Waals surface area contributed by atoms with Gasteiger partial charge in [0.2, 0.25) is 11.8 Å². The number of likely N-dealkylation sites (tertiary alicyclic amines) is 1. The second kappa shape index (κ2) is 4.52. The molecule has 1 fully saturated rings. The Labute approximate surface area is 106 Å². The number of hydrogen-bond acceptors (Lipinski definition) is 2. The van der Waals surface area contributed by atoms with E-state index in [9.17, 15) is 14.0 Å². The molecule has 0 aliphatic carbocycles. The quantitative estimate of drug-likeness (QED) is 0.715. The van der Waals surface area contributed by atoms with Gasteiger partial charge >= 0.3 is 0 Å². The van der Waals surface area contributed by atoms with Crippen molar-refractivity contribution in [1.29, 1.82) is 0 Å². The second-order valence-corrected chi connectivity index (χ2v) is 4.89. The second-order valence-electron chi connectivity index (χ2n) is 4.89. The lowest BCUT2D eigenvalue weighted by Crippen LogP contribution is -2.49. The van der Waals surface area contributed by atoms with Crippen molar-refractivity contribution >= 4 is 11.8 Å². The molecule has 3 atom stereocenters. The highest BCUT2D eigenvalue weighted by atomic mass is 19.1. The van der Waals surface area contributed by atoms with E-state index in [2.05, 4.69) is 0 Å². The van der Waals surface area contributed by atoms with Gasteiger partial charge in [0, 0.05) is 24.8 Å². The summed E-state index contributed by atoms with van der Waals surface area (Å²) in [7, 11) is 1.51. The van der Waals surface area contributed by atoms with Gasteiger partial charge in [-0.25, -0.2) is 4.39 Å².